The van der Waals surface area contributed by atoms with E-state index in [-0.39, 0.29) is 29.7 Å². The van der Waals surface area contributed by atoms with Gasteiger partial charge in [-0.2, -0.15) is 0 Å². The highest BCUT2D eigenvalue weighted by atomic mass is 16.6. The van der Waals surface area contributed by atoms with Crippen molar-refractivity contribution in [2.75, 3.05) is 33.7 Å². The zero-order chi connectivity index (χ0) is 19.0. The van der Waals surface area contributed by atoms with Gasteiger partial charge in [0.05, 0.1) is 6.04 Å². The largest absolute Gasteiger partial charge is 0.426 e. The van der Waals surface area contributed by atoms with Gasteiger partial charge >= 0.3 is 6.03 Å². The summed E-state index contributed by atoms with van der Waals surface area (Å²) in [7, 11) is 3.51. The van der Waals surface area contributed by atoms with Crippen LogP contribution >= 0.6 is 0 Å². The van der Waals surface area contributed by atoms with Gasteiger partial charge in [0.15, 0.2) is 5.76 Å². The van der Waals surface area contributed by atoms with E-state index in [1.54, 1.807) is 36.0 Å². The van der Waals surface area contributed by atoms with E-state index in [2.05, 4.69) is 0 Å². The predicted molar refractivity (Wildman–Crippen MR) is 98.8 cm³/mol. The molecule has 0 unspecified atom stereocenters. The van der Waals surface area contributed by atoms with Gasteiger partial charge in [-0.25, -0.2) is 4.79 Å². The number of benzene rings is 1. The van der Waals surface area contributed by atoms with E-state index in [4.69, 9.17) is 9.15 Å². The van der Waals surface area contributed by atoms with Crippen molar-refractivity contribution >= 4 is 11.9 Å². The first-order valence-corrected chi connectivity index (χ1v) is 9.13. The minimum atomic E-state index is -0.162. The molecule has 0 spiro atoms. The summed E-state index contributed by atoms with van der Waals surface area (Å²) in [5.41, 5.74) is 0. The lowest BCUT2D eigenvalue weighted by atomic mass is 10.1. The molecule has 4 rings (SSSR count). The molecule has 0 bridgehead atoms. The van der Waals surface area contributed by atoms with Crippen LogP contribution in [0.25, 0.3) is 0 Å². The van der Waals surface area contributed by atoms with Gasteiger partial charge < -0.3 is 23.9 Å². The number of para-hydroxylation sites is 1. The zero-order valence-corrected chi connectivity index (χ0v) is 15.5. The number of rotatable bonds is 3. The summed E-state index contributed by atoms with van der Waals surface area (Å²) in [5, 5.41) is 0. The second kappa shape index (κ2) is 6.98. The molecule has 2 fully saturated rings. The van der Waals surface area contributed by atoms with Crippen molar-refractivity contribution < 1.29 is 18.7 Å². The standard InChI is InChI=1S/C20H23N3O4/c1-21(2)20(25)23-11-10-14-12-22(13-16(14)23)19(24)17-8-9-18(27-17)26-15-6-4-3-5-7-15/h3-9,14,16H,10-13H2,1-2H3/t14-,16+/m1/s1. The number of carbonyl (C=O) groups is 2. The Hall–Kier alpha value is -2.96. The molecule has 2 aromatic rings. The molecule has 27 heavy (non-hydrogen) atoms. The fourth-order valence-electron chi connectivity index (χ4n) is 3.87. The SMILES string of the molecule is CN(C)C(=O)N1CC[C@@H]2CN(C(=O)c3ccc(Oc4ccccc4)o3)C[C@@H]21. The number of likely N-dealkylation sites (tertiary alicyclic amines) is 2. The van der Waals surface area contributed by atoms with Crippen molar-refractivity contribution in [3.05, 3.63) is 48.2 Å². The van der Waals surface area contributed by atoms with Crippen LogP contribution in [0.4, 0.5) is 4.79 Å². The lowest BCUT2D eigenvalue weighted by molar-refractivity contribution is 0.0735. The maximum atomic E-state index is 12.8. The van der Waals surface area contributed by atoms with Crippen LogP contribution in [0.15, 0.2) is 46.9 Å². The first-order chi connectivity index (χ1) is 13.0. The summed E-state index contributed by atoms with van der Waals surface area (Å²) in [6.07, 6.45) is 0.925. The Labute approximate surface area is 158 Å². The normalized spacial score (nSPS) is 21.3. The van der Waals surface area contributed by atoms with Crippen molar-refractivity contribution in [1.82, 2.24) is 14.7 Å². The highest BCUT2D eigenvalue weighted by molar-refractivity contribution is 5.92. The molecule has 1 aromatic carbocycles. The molecule has 142 valence electrons. The monoisotopic (exact) mass is 369 g/mol. The molecule has 3 amide bonds. The summed E-state index contributed by atoms with van der Waals surface area (Å²) in [6, 6.07) is 12.7. The summed E-state index contributed by atoms with van der Waals surface area (Å²) in [5.74, 6) is 1.36. The molecule has 7 heteroatoms. The molecule has 0 aliphatic carbocycles. The van der Waals surface area contributed by atoms with Gasteiger partial charge in [-0.05, 0) is 24.6 Å². The van der Waals surface area contributed by atoms with E-state index in [1.807, 2.05) is 35.2 Å². The Balaban J connectivity index is 1.42. The average Bonchev–Trinajstić information content (AvgIpc) is 3.37. The molecule has 2 aliphatic rings. The van der Waals surface area contributed by atoms with E-state index in [0.29, 0.717) is 24.8 Å². The van der Waals surface area contributed by atoms with E-state index in [0.717, 1.165) is 13.0 Å². The zero-order valence-electron chi connectivity index (χ0n) is 15.5. The maximum Gasteiger partial charge on any atom is 0.319 e. The van der Waals surface area contributed by atoms with Gasteiger partial charge in [-0.3, -0.25) is 4.79 Å². The quantitative estimate of drug-likeness (QED) is 0.834. The molecule has 0 saturated carbocycles. The predicted octanol–water partition coefficient (Wildman–Crippen LogP) is 2.90. The summed E-state index contributed by atoms with van der Waals surface area (Å²) in [6.45, 7) is 1.94. The van der Waals surface area contributed by atoms with Gasteiger partial charge in [0.25, 0.3) is 11.9 Å². The Kier molecular flexibility index (Phi) is 4.51. The minimum absolute atomic E-state index is 0.00773. The molecule has 0 N–H and O–H groups in total. The van der Waals surface area contributed by atoms with E-state index >= 15 is 0 Å². The Morgan fingerprint density at radius 2 is 1.89 bits per heavy atom. The third kappa shape index (κ3) is 3.37. The van der Waals surface area contributed by atoms with Crippen molar-refractivity contribution in [2.24, 2.45) is 5.92 Å². The van der Waals surface area contributed by atoms with Crippen LogP contribution in [-0.2, 0) is 0 Å². The Bertz CT molecular complexity index is 833. The number of ether oxygens (including phenoxy) is 1. The molecule has 3 heterocycles. The van der Waals surface area contributed by atoms with Crippen LogP contribution in [0.1, 0.15) is 17.0 Å². The van der Waals surface area contributed by atoms with Gasteiger partial charge in [0, 0.05) is 45.7 Å². The average molecular weight is 369 g/mol. The third-order valence-electron chi connectivity index (χ3n) is 5.22. The van der Waals surface area contributed by atoms with Gasteiger partial charge in [0.2, 0.25) is 0 Å². The summed E-state index contributed by atoms with van der Waals surface area (Å²) < 4.78 is 11.2. The van der Waals surface area contributed by atoms with Crippen molar-refractivity contribution in [1.29, 1.82) is 0 Å². The number of nitrogens with zero attached hydrogens (tertiary/aromatic N) is 3. The van der Waals surface area contributed by atoms with Crippen LogP contribution in [0.3, 0.4) is 0 Å². The van der Waals surface area contributed by atoms with Crippen LogP contribution in [-0.4, -0.2) is 66.4 Å². The topological polar surface area (TPSA) is 66.2 Å². The summed E-state index contributed by atoms with van der Waals surface area (Å²) in [4.78, 5) is 30.4. The first kappa shape index (κ1) is 17.5. The molecule has 2 saturated heterocycles. The third-order valence-corrected chi connectivity index (χ3v) is 5.22. The Morgan fingerprint density at radius 1 is 1.11 bits per heavy atom. The number of hydrogen-bond acceptors (Lipinski definition) is 4. The van der Waals surface area contributed by atoms with Crippen LogP contribution in [0.2, 0.25) is 0 Å². The van der Waals surface area contributed by atoms with Crippen molar-refractivity contribution in [3.8, 4) is 11.7 Å². The highest BCUT2D eigenvalue weighted by Crippen LogP contribution is 2.33. The fraction of sp³-hybridized carbons (Fsp3) is 0.400. The van der Waals surface area contributed by atoms with E-state index in [1.165, 1.54) is 0 Å². The molecule has 2 atom stereocenters. The lowest BCUT2D eigenvalue weighted by Gasteiger charge is -2.27. The van der Waals surface area contributed by atoms with Crippen LogP contribution in [0, 0.1) is 5.92 Å². The maximum absolute atomic E-state index is 12.8. The number of hydrogen-bond donors (Lipinski definition) is 0. The van der Waals surface area contributed by atoms with E-state index in [9.17, 15) is 9.59 Å². The van der Waals surface area contributed by atoms with Gasteiger partial charge in [-0.1, -0.05) is 18.2 Å². The van der Waals surface area contributed by atoms with Gasteiger partial charge in [0.1, 0.15) is 5.75 Å². The Morgan fingerprint density at radius 3 is 2.63 bits per heavy atom. The number of urea groups is 1. The molecule has 0 radical (unpaired) electrons. The second-order valence-corrected chi connectivity index (χ2v) is 7.23. The summed E-state index contributed by atoms with van der Waals surface area (Å²) >= 11 is 0. The number of furan rings is 1. The van der Waals surface area contributed by atoms with E-state index < -0.39 is 0 Å². The fourth-order valence-corrected chi connectivity index (χ4v) is 3.87. The minimum Gasteiger partial charge on any atom is -0.426 e. The smallest absolute Gasteiger partial charge is 0.319 e. The number of carbonyl (C=O) groups excluding carboxylic acids is 2. The molecule has 7 nitrogen and oxygen atoms in total. The highest BCUT2D eigenvalue weighted by Gasteiger charge is 2.45. The van der Waals surface area contributed by atoms with Crippen molar-refractivity contribution in [2.45, 2.75) is 12.5 Å². The molecule has 1 aromatic heterocycles. The molecule has 2 aliphatic heterocycles. The number of amides is 3. The van der Waals surface area contributed by atoms with Gasteiger partial charge in [-0.15, -0.1) is 0 Å². The lowest BCUT2D eigenvalue weighted by Crippen LogP contribution is -2.45. The van der Waals surface area contributed by atoms with Crippen molar-refractivity contribution in [3.63, 3.8) is 0 Å². The van der Waals surface area contributed by atoms with Crippen LogP contribution in [0.5, 0.6) is 11.7 Å². The number of fused-ring (bicyclic) bond motifs is 1. The van der Waals surface area contributed by atoms with Crippen LogP contribution < -0.4 is 4.74 Å². The molecular formula is C20H23N3O4. The second-order valence-electron chi connectivity index (χ2n) is 7.23. The molecular weight excluding hydrogens is 346 g/mol. The first-order valence-electron chi connectivity index (χ1n) is 9.13.